The van der Waals surface area contributed by atoms with E-state index in [9.17, 15) is 17.6 Å². The van der Waals surface area contributed by atoms with Gasteiger partial charge in [-0.05, 0) is 72.8 Å². The molecule has 0 fully saturated rings. The summed E-state index contributed by atoms with van der Waals surface area (Å²) in [5.74, 6) is -1.06. The van der Waals surface area contributed by atoms with Crippen molar-refractivity contribution in [1.82, 2.24) is 4.72 Å². The Morgan fingerprint density at radius 3 is 2.54 bits per heavy atom. The summed E-state index contributed by atoms with van der Waals surface area (Å²) in [6.45, 7) is 1.66. The fraction of sp³-hybridized carbons (Fsp3) is 0.211. The molecular formula is C19H20FN3O3S2. The van der Waals surface area contributed by atoms with Crippen LogP contribution >= 0.6 is 11.3 Å². The van der Waals surface area contributed by atoms with E-state index in [-0.39, 0.29) is 11.7 Å². The Morgan fingerprint density at radius 1 is 1.21 bits per heavy atom. The molecule has 3 aromatic rings. The monoisotopic (exact) mass is 421 g/mol. The largest absolute Gasteiger partial charge is 0.322 e. The van der Waals surface area contributed by atoms with Gasteiger partial charge >= 0.3 is 0 Å². The molecule has 0 saturated heterocycles. The Kier molecular flexibility index (Phi) is 5.53. The van der Waals surface area contributed by atoms with Crippen molar-refractivity contribution in [3.63, 3.8) is 0 Å². The molecule has 0 radical (unpaired) electrons. The lowest BCUT2D eigenvalue weighted by Gasteiger charge is -2.24. The second-order valence-corrected chi connectivity index (χ2v) is 9.54. The van der Waals surface area contributed by atoms with Gasteiger partial charge in [-0.1, -0.05) is 0 Å². The lowest BCUT2D eigenvalue weighted by Crippen LogP contribution is -2.43. The van der Waals surface area contributed by atoms with Crippen molar-refractivity contribution >= 4 is 43.0 Å². The first-order chi connectivity index (χ1) is 13.1. The van der Waals surface area contributed by atoms with Crippen molar-refractivity contribution in [2.24, 2.45) is 5.73 Å². The number of carbonyl (C=O) groups excluding carboxylic acids is 1. The predicted molar refractivity (Wildman–Crippen MR) is 111 cm³/mol. The number of anilines is 1. The molecular weight excluding hydrogens is 401 g/mol. The minimum atomic E-state index is -3.51. The number of nitrogens with one attached hydrogen (secondary N) is 2. The Bertz CT molecular complexity index is 1120. The third-order valence-corrected chi connectivity index (χ3v) is 6.92. The van der Waals surface area contributed by atoms with E-state index in [1.54, 1.807) is 19.1 Å². The zero-order valence-corrected chi connectivity index (χ0v) is 17.0. The normalized spacial score (nSPS) is 14.0. The summed E-state index contributed by atoms with van der Waals surface area (Å²) in [5.41, 5.74) is 6.77. The first-order valence-corrected chi connectivity index (χ1v) is 10.9. The van der Waals surface area contributed by atoms with Gasteiger partial charge in [0.05, 0.1) is 11.3 Å². The molecule has 1 aromatic heterocycles. The molecule has 0 spiro atoms. The van der Waals surface area contributed by atoms with Crippen molar-refractivity contribution in [2.45, 2.75) is 12.5 Å². The second kappa shape index (κ2) is 7.59. The summed E-state index contributed by atoms with van der Waals surface area (Å²) in [4.78, 5) is 12.4. The molecule has 0 bridgehead atoms. The molecule has 1 heterocycles. The van der Waals surface area contributed by atoms with Gasteiger partial charge in [-0.25, -0.2) is 17.5 Å². The van der Waals surface area contributed by atoms with Crippen molar-refractivity contribution in [1.29, 1.82) is 0 Å². The molecule has 4 N–H and O–H groups in total. The Morgan fingerprint density at radius 2 is 1.89 bits per heavy atom. The summed E-state index contributed by atoms with van der Waals surface area (Å²) >= 11 is 1.45. The lowest BCUT2D eigenvalue weighted by molar-refractivity contribution is 0.102. The number of carbonyl (C=O) groups is 1. The van der Waals surface area contributed by atoms with Crippen molar-refractivity contribution in [3.05, 3.63) is 64.8 Å². The van der Waals surface area contributed by atoms with Crippen LogP contribution in [0, 0.1) is 5.82 Å². The van der Waals surface area contributed by atoms with E-state index in [1.165, 1.54) is 42.6 Å². The lowest BCUT2D eigenvalue weighted by atomic mass is 9.95. The highest BCUT2D eigenvalue weighted by molar-refractivity contribution is 7.89. The fourth-order valence-electron chi connectivity index (χ4n) is 2.90. The van der Waals surface area contributed by atoms with Gasteiger partial charge in [0.15, 0.2) is 0 Å². The van der Waals surface area contributed by atoms with Gasteiger partial charge in [0.1, 0.15) is 5.82 Å². The molecule has 0 aliphatic heterocycles. The Labute approximate surface area is 166 Å². The maximum absolute atomic E-state index is 13.0. The Balaban J connectivity index is 1.92. The molecule has 0 unspecified atom stereocenters. The van der Waals surface area contributed by atoms with E-state index in [2.05, 4.69) is 10.0 Å². The molecule has 0 aliphatic carbocycles. The van der Waals surface area contributed by atoms with Gasteiger partial charge < -0.3 is 11.1 Å². The van der Waals surface area contributed by atoms with Crippen molar-refractivity contribution in [2.75, 3.05) is 18.1 Å². The zero-order chi connectivity index (χ0) is 20.5. The van der Waals surface area contributed by atoms with E-state index in [0.717, 1.165) is 10.1 Å². The third-order valence-electron chi connectivity index (χ3n) is 4.35. The molecule has 2 aromatic carbocycles. The maximum atomic E-state index is 13.0. The molecule has 1 amide bonds. The van der Waals surface area contributed by atoms with Gasteiger partial charge in [-0.15, -0.1) is 11.3 Å². The summed E-state index contributed by atoms with van der Waals surface area (Å²) in [5, 5.41) is 5.38. The molecule has 28 heavy (non-hydrogen) atoms. The number of sulfonamides is 1. The van der Waals surface area contributed by atoms with E-state index in [0.29, 0.717) is 16.8 Å². The van der Waals surface area contributed by atoms with Gasteiger partial charge in [-0.2, -0.15) is 0 Å². The second-order valence-electron chi connectivity index (χ2n) is 6.70. The maximum Gasteiger partial charge on any atom is 0.255 e. The average molecular weight is 422 g/mol. The van der Waals surface area contributed by atoms with Crippen LogP contribution in [0.15, 0.2) is 47.8 Å². The van der Waals surface area contributed by atoms with E-state index in [1.807, 2.05) is 11.4 Å². The fourth-order valence-corrected chi connectivity index (χ4v) is 5.07. The van der Waals surface area contributed by atoms with Crippen LogP contribution in [-0.2, 0) is 15.6 Å². The van der Waals surface area contributed by atoms with Crippen LogP contribution in [0.2, 0.25) is 0 Å². The topological polar surface area (TPSA) is 101 Å². The van der Waals surface area contributed by atoms with E-state index >= 15 is 0 Å². The average Bonchev–Trinajstić information content (AvgIpc) is 3.05. The number of hydrogen-bond acceptors (Lipinski definition) is 5. The molecule has 0 saturated carbocycles. The minimum Gasteiger partial charge on any atom is -0.322 e. The van der Waals surface area contributed by atoms with Crippen LogP contribution in [0.5, 0.6) is 0 Å². The van der Waals surface area contributed by atoms with Crippen LogP contribution in [0.25, 0.3) is 10.1 Å². The van der Waals surface area contributed by atoms with Gasteiger partial charge in [0.2, 0.25) is 10.0 Å². The van der Waals surface area contributed by atoms with Crippen LogP contribution < -0.4 is 15.8 Å². The number of nitrogens with two attached hydrogens (primary N) is 1. The van der Waals surface area contributed by atoms with E-state index < -0.39 is 21.4 Å². The van der Waals surface area contributed by atoms with Crippen molar-refractivity contribution in [3.8, 4) is 0 Å². The third kappa shape index (κ3) is 4.39. The first kappa shape index (κ1) is 20.4. The first-order valence-electron chi connectivity index (χ1n) is 8.40. The number of fused-ring (bicyclic) bond motifs is 1. The standard InChI is InChI=1S/C19H20FN3O3S2/c1-19(21,11-28(25,26)22-2)16-10-27-17-8-7-14(9-15(16)17)23-18(24)12-3-5-13(20)6-4-12/h3-10,22H,11,21H2,1-2H3,(H,23,24)/t19-/m0/s1. The molecule has 1 atom stereocenters. The SMILES string of the molecule is CNS(=O)(=O)C[C@](C)(N)c1csc2ccc(NC(=O)c3ccc(F)cc3)cc12. The number of hydrogen-bond donors (Lipinski definition) is 3. The van der Waals surface area contributed by atoms with E-state index in [4.69, 9.17) is 5.73 Å². The molecule has 148 valence electrons. The molecule has 9 heteroatoms. The Hall–Kier alpha value is -2.33. The highest BCUT2D eigenvalue weighted by Crippen LogP contribution is 2.35. The molecule has 3 rings (SSSR count). The van der Waals surface area contributed by atoms with Crippen LogP contribution in [0.3, 0.4) is 0 Å². The molecule has 6 nitrogen and oxygen atoms in total. The van der Waals surface area contributed by atoms with Gasteiger partial charge in [0, 0.05) is 16.0 Å². The predicted octanol–water partition coefficient (Wildman–Crippen LogP) is 3.02. The van der Waals surface area contributed by atoms with Gasteiger partial charge in [-0.3, -0.25) is 4.79 Å². The van der Waals surface area contributed by atoms with Crippen LogP contribution in [-0.4, -0.2) is 27.1 Å². The highest BCUT2D eigenvalue weighted by Gasteiger charge is 2.30. The number of halogens is 1. The summed E-state index contributed by atoms with van der Waals surface area (Å²) in [6, 6.07) is 10.6. The van der Waals surface area contributed by atoms with Gasteiger partial charge in [0.25, 0.3) is 5.91 Å². The molecule has 0 aliphatic rings. The summed E-state index contributed by atoms with van der Waals surface area (Å²) < 4.78 is 40.2. The van der Waals surface area contributed by atoms with Crippen LogP contribution in [0.4, 0.5) is 10.1 Å². The quantitative estimate of drug-likeness (QED) is 0.569. The summed E-state index contributed by atoms with van der Waals surface area (Å²) in [6.07, 6.45) is 0. The number of rotatable bonds is 6. The minimum absolute atomic E-state index is 0.269. The highest BCUT2D eigenvalue weighted by atomic mass is 32.2. The van der Waals surface area contributed by atoms with Crippen molar-refractivity contribution < 1.29 is 17.6 Å². The zero-order valence-electron chi connectivity index (χ0n) is 15.3. The number of thiophene rings is 1. The number of benzene rings is 2. The summed E-state index contributed by atoms with van der Waals surface area (Å²) in [7, 11) is -2.16. The smallest absolute Gasteiger partial charge is 0.255 e. The number of amides is 1. The van der Waals surface area contributed by atoms with Crippen LogP contribution in [0.1, 0.15) is 22.8 Å².